The standard InChI is InChI=1S/C33H44N4O9S2/c1-5-36(6-2)24-9-12-27-30(19-24)44-31-20-25(37(7-3)8-4)10-13-28(31)33(27)29-14-11-26(21-32(29)47-46-45-38)48(39,40)35-16-18-42-23-43-22-41-17-15-34/h9-14,19-21,35H,5-8,15-18,22-23,34H2,1-4H3/p+1. The Morgan fingerprint density at radius 3 is 2.33 bits per heavy atom. The van der Waals surface area contributed by atoms with E-state index in [9.17, 15) is 8.42 Å². The number of nitrogens with zero attached hydrogens (tertiary/aromatic N) is 2. The van der Waals surface area contributed by atoms with Crippen LogP contribution in [0.15, 0.2) is 68.8 Å². The molecule has 0 aromatic heterocycles. The maximum absolute atomic E-state index is 13.3. The lowest BCUT2D eigenvalue weighted by Crippen LogP contribution is -2.29. The van der Waals surface area contributed by atoms with Crippen molar-refractivity contribution in [3.63, 3.8) is 0 Å². The van der Waals surface area contributed by atoms with Crippen molar-refractivity contribution in [3.8, 4) is 22.5 Å². The largest absolute Gasteiger partial charge is 0.456 e. The average Bonchev–Trinajstić information content (AvgIpc) is 3.10. The predicted octanol–water partition coefficient (Wildman–Crippen LogP) is 4.49. The number of hydrogen-bond donors (Lipinski definition) is 3. The number of benzene rings is 3. The molecule has 1 heterocycles. The van der Waals surface area contributed by atoms with Crippen molar-refractivity contribution < 1.29 is 41.7 Å². The topological polar surface area (TPSA) is 158 Å². The molecule has 0 bridgehead atoms. The van der Waals surface area contributed by atoms with Crippen LogP contribution in [0.3, 0.4) is 0 Å². The summed E-state index contributed by atoms with van der Waals surface area (Å²) in [6, 6.07) is 16.9. The summed E-state index contributed by atoms with van der Waals surface area (Å²) in [4.78, 5) is 2.62. The molecule has 0 atom stereocenters. The van der Waals surface area contributed by atoms with E-state index in [0.29, 0.717) is 47.0 Å². The zero-order chi connectivity index (χ0) is 34.5. The lowest BCUT2D eigenvalue weighted by molar-refractivity contribution is -0.432. The van der Waals surface area contributed by atoms with Crippen molar-refractivity contribution in [2.24, 2.45) is 5.73 Å². The molecule has 1 aliphatic carbocycles. The van der Waals surface area contributed by atoms with E-state index in [1.165, 1.54) is 12.1 Å². The molecule has 0 saturated carbocycles. The maximum Gasteiger partial charge on any atom is 0.240 e. The van der Waals surface area contributed by atoms with E-state index >= 15 is 0 Å². The highest BCUT2D eigenvalue weighted by molar-refractivity contribution is 7.94. The van der Waals surface area contributed by atoms with Crippen LogP contribution in [0.2, 0.25) is 0 Å². The van der Waals surface area contributed by atoms with Gasteiger partial charge in [-0.15, -0.1) is 4.33 Å². The first kappa shape index (κ1) is 37.7. The van der Waals surface area contributed by atoms with Crippen LogP contribution in [0.5, 0.6) is 0 Å². The molecule has 48 heavy (non-hydrogen) atoms. The van der Waals surface area contributed by atoms with Crippen molar-refractivity contribution in [2.75, 3.05) is 71.0 Å². The minimum Gasteiger partial charge on any atom is -0.456 e. The smallest absolute Gasteiger partial charge is 0.240 e. The molecule has 13 nitrogen and oxygen atoms in total. The SMILES string of the molecule is CCN(CC)c1ccc2c(-c3ccc(S(=O)(=O)NCCOCOCOCCN)cc3SOOO)c3ccc(=[N+](CC)CC)cc-3oc2c1. The van der Waals surface area contributed by atoms with Crippen LogP contribution in [-0.4, -0.2) is 79.7 Å². The highest BCUT2D eigenvalue weighted by atomic mass is 32.2. The summed E-state index contributed by atoms with van der Waals surface area (Å²) in [7, 11) is -3.95. The van der Waals surface area contributed by atoms with E-state index in [-0.39, 0.29) is 31.6 Å². The second-order valence-corrected chi connectivity index (χ2v) is 13.0. The van der Waals surface area contributed by atoms with E-state index in [1.54, 1.807) is 6.07 Å². The molecule has 0 amide bonds. The van der Waals surface area contributed by atoms with Crippen LogP contribution < -0.4 is 25.3 Å². The second kappa shape index (κ2) is 18.6. The van der Waals surface area contributed by atoms with Gasteiger partial charge in [-0.3, -0.25) is 0 Å². The third kappa shape index (κ3) is 9.32. The molecule has 262 valence electrons. The van der Waals surface area contributed by atoms with Gasteiger partial charge in [0.15, 0.2) is 0 Å². The average molecular weight is 706 g/mol. The monoisotopic (exact) mass is 705 g/mol. The molecule has 2 aromatic carbocycles. The molecular formula is C33H45N4O9S2+. The van der Waals surface area contributed by atoms with E-state index in [2.05, 4.69) is 46.9 Å². The number of fused-ring (bicyclic) bond motifs is 2. The molecule has 0 radical (unpaired) electrons. The Morgan fingerprint density at radius 2 is 1.65 bits per heavy atom. The fourth-order valence-corrected chi connectivity index (χ4v) is 7.06. The van der Waals surface area contributed by atoms with Crippen molar-refractivity contribution in [1.29, 1.82) is 0 Å². The number of hydrogen-bond acceptors (Lipinski definition) is 12. The Balaban J connectivity index is 1.77. The number of nitrogens with one attached hydrogen (secondary N) is 1. The van der Waals surface area contributed by atoms with Gasteiger partial charge in [0.1, 0.15) is 38.0 Å². The van der Waals surface area contributed by atoms with Gasteiger partial charge in [0, 0.05) is 65.4 Å². The van der Waals surface area contributed by atoms with Crippen molar-refractivity contribution in [1.82, 2.24) is 9.30 Å². The quantitative estimate of drug-likeness (QED) is 0.0225. The van der Waals surface area contributed by atoms with Gasteiger partial charge in [-0.05, 0) is 63.6 Å². The Bertz CT molecular complexity index is 1770. The first-order valence-corrected chi connectivity index (χ1v) is 18.1. The summed E-state index contributed by atoms with van der Waals surface area (Å²) in [6.07, 6.45) is 0. The van der Waals surface area contributed by atoms with Gasteiger partial charge in [-0.25, -0.2) is 23.0 Å². The van der Waals surface area contributed by atoms with Crippen molar-refractivity contribution >= 4 is 38.7 Å². The first-order valence-electron chi connectivity index (χ1n) is 15.9. The van der Waals surface area contributed by atoms with Gasteiger partial charge in [0.2, 0.25) is 15.4 Å². The van der Waals surface area contributed by atoms with Crippen LogP contribution in [0.1, 0.15) is 27.7 Å². The zero-order valence-corrected chi connectivity index (χ0v) is 29.4. The molecule has 2 aromatic rings. The number of rotatable bonds is 20. The lowest BCUT2D eigenvalue weighted by atomic mass is 9.93. The Morgan fingerprint density at radius 1 is 0.917 bits per heavy atom. The van der Waals surface area contributed by atoms with Crippen LogP contribution in [0, 0.1) is 0 Å². The highest BCUT2D eigenvalue weighted by Crippen LogP contribution is 2.44. The number of anilines is 1. The molecule has 4 rings (SSSR count). The van der Waals surface area contributed by atoms with Gasteiger partial charge in [0.05, 0.1) is 36.2 Å². The molecule has 0 fully saturated rings. The zero-order valence-electron chi connectivity index (χ0n) is 27.8. The summed E-state index contributed by atoms with van der Waals surface area (Å²) in [5.41, 5.74) is 9.33. The fourth-order valence-electron chi connectivity index (χ4n) is 5.41. The summed E-state index contributed by atoms with van der Waals surface area (Å²) in [5.74, 6) is 0.669. The van der Waals surface area contributed by atoms with Gasteiger partial charge in [0.25, 0.3) is 0 Å². The number of ether oxygens (including phenoxy) is 3. The Labute approximate surface area is 285 Å². The summed E-state index contributed by atoms with van der Waals surface area (Å²) in [6.45, 7) is 12.6. The Hall–Kier alpha value is -3.09. The molecule has 15 heteroatoms. The van der Waals surface area contributed by atoms with Crippen molar-refractivity contribution in [3.05, 3.63) is 60.0 Å². The minimum atomic E-state index is -3.95. The van der Waals surface area contributed by atoms with E-state index in [1.807, 2.05) is 36.4 Å². The minimum absolute atomic E-state index is 0.00896. The summed E-state index contributed by atoms with van der Waals surface area (Å²) in [5, 5.41) is 14.8. The molecular weight excluding hydrogens is 661 g/mol. The molecule has 2 aliphatic rings. The molecule has 4 N–H and O–H groups in total. The Kier molecular flexibility index (Phi) is 14.6. The second-order valence-electron chi connectivity index (χ2n) is 10.5. The van der Waals surface area contributed by atoms with Crippen LogP contribution in [-0.2, 0) is 33.6 Å². The molecule has 0 saturated heterocycles. The normalized spacial score (nSPS) is 11.9. The molecule has 0 spiro atoms. The highest BCUT2D eigenvalue weighted by Gasteiger charge is 2.24. The van der Waals surface area contributed by atoms with Crippen LogP contribution in [0.25, 0.3) is 33.4 Å². The van der Waals surface area contributed by atoms with E-state index < -0.39 is 10.0 Å². The van der Waals surface area contributed by atoms with E-state index in [0.717, 1.165) is 53.7 Å². The number of sulfonamides is 1. The first-order chi connectivity index (χ1) is 23.3. The predicted molar refractivity (Wildman–Crippen MR) is 186 cm³/mol. The molecule has 0 unspecified atom stereocenters. The third-order valence-corrected chi connectivity index (χ3v) is 9.87. The summed E-state index contributed by atoms with van der Waals surface area (Å²) < 4.78 is 58.3. The van der Waals surface area contributed by atoms with Crippen LogP contribution in [0.4, 0.5) is 5.69 Å². The summed E-state index contributed by atoms with van der Waals surface area (Å²) >= 11 is 0.690. The van der Waals surface area contributed by atoms with Crippen molar-refractivity contribution in [2.45, 2.75) is 37.5 Å². The fraction of sp³-hybridized carbons (Fsp3) is 0.424. The van der Waals surface area contributed by atoms with Gasteiger partial charge in [-0.1, -0.05) is 11.1 Å². The van der Waals surface area contributed by atoms with Crippen LogP contribution >= 0.6 is 12.0 Å². The maximum atomic E-state index is 13.3. The van der Waals surface area contributed by atoms with Gasteiger partial charge < -0.3 is 29.3 Å². The lowest BCUT2D eigenvalue weighted by Gasteiger charge is -2.22. The van der Waals surface area contributed by atoms with E-state index in [4.69, 9.17) is 34.0 Å². The molecule has 1 aliphatic heterocycles. The number of nitrogens with two attached hydrogens (primary N) is 1. The van der Waals surface area contributed by atoms with Gasteiger partial charge in [-0.2, -0.15) is 0 Å². The third-order valence-electron chi connectivity index (χ3n) is 7.77. The van der Waals surface area contributed by atoms with Gasteiger partial charge >= 0.3 is 0 Å².